The van der Waals surface area contributed by atoms with Gasteiger partial charge in [-0.1, -0.05) is 31.7 Å². The van der Waals surface area contributed by atoms with Crippen LogP contribution in [0.3, 0.4) is 0 Å². The summed E-state index contributed by atoms with van der Waals surface area (Å²) in [5, 5.41) is 12.4. The predicted molar refractivity (Wildman–Crippen MR) is 90.7 cm³/mol. The Morgan fingerprint density at radius 3 is 2.96 bits per heavy atom. The molecule has 1 saturated carbocycles. The lowest BCUT2D eigenvalue weighted by Crippen LogP contribution is -2.53. The first-order chi connectivity index (χ1) is 11.1. The SMILES string of the molecule is C=CCOc1cccc(CNC2CC(N(CC)CC(=O)O)C2)c1. The Hall–Kier alpha value is -1.85. The molecule has 0 radical (unpaired) electrons. The van der Waals surface area contributed by atoms with Crippen LogP contribution in [0.1, 0.15) is 25.3 Å². The van der Waals surface area contributed by atoms with Gasteiger partial charge in [0.15, 0.2) is 0 Å². The summed E-state index contributed by atoms with van der Waals surface area (Å²) in [4.78, 5) is 12.9. The highest BCUT2D eigenvalue weighted by molar-refractivity contribution is 5.69. The van der Waals surface area contributed by atoms with Crippen molar-refractivity contribution in [3.8, 4) is 5.75 Å². The second kappa shape index (κ2) is 8.70. The number of likely N-dealkylation sites (N-methyl/N-ethyl adjacent to an activating group) is 1. The van der Waals surface area contributed by atoms with E-state index < -0.39 is 5.97 Å². The molecule has 1 aliphatic rings. The van der Waals surface area contributed by atoms with Gasteiger partial charge in [0.2, 0.25) is 0 Å². The number of carboxylic acids is 1. The fraction of sp³-hybridized carbons (Fsp3) is 0.500. The molecule has 0 unspecified atom stereocenters. The normalized spacial score (nSPS) is 20.1. The molecule has 0 bridgehead atoms. The standard InChI is InChI=1S/C18H26N2O3/c1-3-8-23-17-7-5-6-14(9-17)12-19-15-10-16(11-15)20(4-2)13-18(21)22/h3,5-7,9,15-16,19H,1,4,8,10-13H2,2H3,(H,21,22). The van der Waals surface area contributed by atoms with Gasteiger partial charge in [-0.2, -0.15) is 0 Å². The third-order valence-electron chi connectivity index (χ3n) is 4.24. The van der Waals surface area contributed by atoms with Crippen LogP contribution in [0.25, 0.3) is 0 Å². The molecule has 0 atom stereocenters. The Labute approximate surface area is 137 Å². The maximum absolute atomic E-state index is 10.8. The third kappa shape index (κ3) is 5.37. The van der Waals surface area contributed by atoms with Crippen molar-refractivity contribution >= 4 is 5.97 Å². The molecule has 126 valence electrons. The molecule has 1 aromatic rings. The number of nitrogens with one attached hydrogen (secondary N) is 1. The lowest BCUT2D eigenvalue weighted by atomic mass is 9.85. The highest BCUT2D eigenvalue weighted by Crippen LogP contribution is 2.26. The first kappa shape index (κ1) is 17.5. The summed E-state index contributed by atoms with van der Waals surface area (Å²) in [7, 11) is 0. The Morgan fingerprint density at radius 1 is 1.52 bits per heavy atom. The minimum absolute atomic E-state index is 0.135. The van der Waals surface area contributed by atoms with E-state index in [1.54, 1.807) is 6.08 Å². The largest absolute Gasteiger partial charge is 0.490 e. The maximum atomic E-state index is 10.8. The van der Waals surface area contributed by atoms with E-state index in [1.165, 1.54) is 5.56 Å². The van der Waals surface area contributed by atoms with Gasteiger partial charge >= 0.3 is 5.97 Å². The summed E-state index contributed by atoms with van der Waals surface area (Å²) < 4.78 is 5.53. The molecule has 0 saturated heterocycles. The fourth-order valence-corrected chi connectivity index (χ4v) is 2.89. The second-order valence-corrected chi connectivity index (χ2v) is 5.91. The van der Waals surface area contributed by atoms with Crippen LogP contribution in [0.15, 0.2) is 36.9 Å². The fourth-order valence-electron chi connectivity index (χ4n) is 2.89. The van der Waals surface area contributed by atoms with Crippen LogP contribution in [0.4, 0.5) is 0 Å². The van der Waals surface area contributed by atoms with Crippen molar-refractivity contribution in [2.45, 2.75) is 38.4 Å². The molecular weight excluding hydrogens is 292 g/mol. The zero-order valence-electron chi connectivity index (χ0n) is 13.7. The van der Waals surface area contributed by atoms with Gasteiger partial charge < -0.3 is 15.2 Å². The number of nitrogens with zero attached hydrogens (tertiary/aromatic N) is 1. The van der Waals surface area contributed by atoms with Crippen LogP contribution < -0.4 is 10.1 Å². The van der Waals surface area contributed by atoms with Crippen molar-refractivity contribution < 1.29 is 14.6 Å². The van der Waals surface area contributed by atoms with E-state index in [2.05, 4.69) is 18.0 Å². The number of carboxylic acid groups (broad SMARTS) is 1. The predicted octanol–water partition coefficient (Wildman–Crippen LogP) is 2.28. The minimum Gasteiger partial charge on any atom is -0.490 e. The second-order valence-electron chi connectivity index (χ2n) is 5.91. The van der Waals surface area contributed by atoms with Gasteiger partial charge in [-0.05, 0) is 37.1 Å². The number of benzene rings is 1. The highest BCUT2D eigenvalue weighted by atomic mass is 16.5. The molecule has 2 N–H and O–H groups in total. The average molecular weight is 318 g/mol. The summed E-state index contributed by atoms with van der Waals surface area (Å²) in [5.41, 5.74) is 1.19. The molecule has 0 amide bonds. The molecule has 0 spiro atoms. The molecule has 0 aliphatic heterocycles. The first-order valence-electron chi connectivity index (χ1n) is 8.14. The third-order valence-corrected chi connectivity index (χ3v) is 4.24. The van der Waals surface area contributed by atoms with Crippen molar-refractivity contribution in [3.63, 3.8) is 0 Å². The van der Waals surface area contributed by atoms with Gasteiger partial charge in [0.1, 0.15) is 12.4 Å². The summed E-state index contributed by atoms with van der Waals surface area (Å²) in [6, 6.07) is 8.89. The first-order valence-corrected chi connectivity index (χ1v) is 8.14. The molecule has 1 aliphatic carbocycles. The number of hydrogen-bond donors (Lipinski definition) is 2. The number of carbonyl (C=O) groups is 1. The van der Waals surface area contributed by atoms with Crippen molar-refractivity contribution in [1.29, 1.82) is 0 Å². The summed E-state index contributed by atoms with van der Waals surface area (Å²) in [6.45, 7) is 7.89. The smallest absolute Gasteiger partial charge is 0.317 e. The molecule has 1 aromatic carbocycles. The Balaban J connectivity index is 1.74. The van der Waals surface area contributed by atoms with Crippen LogP contribution in [-0.2, 0) is 11.3 Å². The van der Waals surface area contributed by atoms with E-state index in [-0.39, 0.29) is 6.54 Å². The van der Waals surface area contributed by atoms with Crippen LogP contribution >= 0.6 is 0 Å². The van der Waals surface area contributed by atoms with Crippen LogP contribution in [0.2, 0.25) is 0 Å². The zero-order chi connectivity index (χ0) is 16.7. The van der Waals surface area contributed by atoms with E-state index in [9.17, 15) is 4.79 Å². The van der Waals surface area contributed by atoms with Gasteiger partial charge in [-0.15, -0.1) is 0 Å². The summed E-state index contributed by atoms with van der Waals surface area (Å²) >= 11 is 0. The van der Waals surface area contributed by atoms with Crippen LogP contribution in [0, 0.1) is 0 Å². The van der Waals surface area contributed by atoms with Crippen molar-refractivity contribution in [1.82, 2.24) is 10.2 Å². The number of rotatable bonds is 10. The zero-order valence-corrected chi connectivity index (χ0v) is 13.7. The topological polar surface area (TPSA) is 61.8 Å². The van der Waals surface area contributed by atoms with Gasteiger partial charge in [-0.25, -0.2) is 0 Å². The molecule has 0 aromatic heterocycles. The van der Waals surface area contributed by atoms with E-state index in [4.69, 9.17) is 9.84 Å². The number of aliphatic carboxylic acids is 1. The Bertz CT molecular complexity index is 527. The lowest BCUT2D eigenvalue weighted by molar-refractivity contribution is -0.139. The van der Waals surface area contributed by atoms with Gasteiger partial charge in [-0.3, -0.25) is 9.69 Å². The maximum Gasteiger partial charge on any atom is 0.317 e. The molecule has 5 nitrogen and oxygen atoms in total. The highest BCUT2D eigenvalue weighted by Gasteiger charge is 2.33. The van der Waals surface area contributed by atoms with Crippen molar-refractivity contribution in [3.05, 3.63) is 42.5 Å². The van der Waals surface area contributed by atoms with Gasteiger partial charge in [0.05, 0.1) is 6.54 Å². The van der Waals surface area contributed by atoms with Crippen molar-refractivity contribution in [2.24, 2.45) is 0 Å². The molecular formula is C18H26N2O3. The quantitative estimate of drug-likeness (QED) is 0.648. The molecule has 5 heteroatoms. The molecule has 23 heavy (non-hydrogen) atoms. The van der Waals surface area contributed by atoms with E-state index in [0.717, 1.165) is 31.7 Å². The van der Waals surface area contributed by atoms with E-state index >= 15 is 0 Å². The van der Waals surface area contributed by atoms with E-state index in [0.29, 0.717) is 18.7 Å². The molecule has 2 rings (SSSR count). The van der Waals surface area contributed by atoms with Gasteiger partial charge in [0, 0.05) is 18.6 Å². The summed E-state index contributed by atoms with van der Waals surface area (Å²) in [5.74, 6) is 0.105. The summed E-state index contributed by atoms with van der Waals surface area (Å²) in [6.07, 6.45) is 3.75. The average Bonchev–Trinajstić information content (AvgIpc) is 2.50. The Kier molecular flexibility index (Phi) is 6.62. The van der Waals surface area contributed by atoms with Crippen LogP contribution in [-0.4, -0.2) is 47.8 Å². The van der Waals surface area contributed by atoms with Gasteiger partial charge in [0.25, 0.3) is 0 Å². The van der Waals surface area contributed by atoms with E-state index in [1.807, 2.05) is 30.0 Å². The molecule has 1 fully saturated rings. The number of ether oxygens (including phenoxy) is 1. The van der Waals surface area contributed by atoms with Crippen LogP contribution in [0.5, 0.6) is 5.75 Å². The lowest BCUT2D eigenvalue weighted by Gasteiger charge is -2.42. The Morgan fingerprint density at radius 2 is 2.30 bits per heavy atom. The number of hydrogen-bond acceptors (Lipinski definition) is 4. The van der Waals surface area contributed by atoms with Crippen molar-refractivity contribution in [2.75, 3.05) is 19.7 Å². The molecule has 0 heterocycles. The minimum atomic E-state index is -0.750. The monoisotopic (exact) mass is 318 g/mol.